The van der Waals surface area contributed by atoms with Crippen LogP contribution in [0.1, 0.15) is 38.3 Å². The van der Waals surface area contributed by atoms with Crippen LogP contribution < -0.4 is 9.47 Å². The van der Waals surface area contributed by atoms with E-state index in [4.69, 9.17) is 9.47 Å². The Balaban J connectivity index is 1.56. The van der Waals surface area contributed by atoms with E-state index in [0.29, 0.717) is 58.0 Å². The van der Waals surface area contributed by atoms with Gasteiger partial charge in [-0.05, 0) is 35.6 Å². The van der Waals surface area contributed by atoms with Gasteiger partial charge < -0.3 is 19.3 Å². The normalized spacial score (nSPS) is 17.0. The predicted molar refractivity (Wildman–Crippen MR) is 103 cm³/mol. The number of rotatable bonds is 3. The van der Waals surface area contributed by atoms with E-state index >= 15 is 0 Å². The molecule has 2 amide bonds. The number of carbonyl (C=O) groups is 2. The third-order valence-electron chi connectivity index (χ3n) is 5.01. The van der Waals surface area contributed by atoms with Crippen molar-refractivity contribution in [2.75, 3.05) is 39.4 Å². The number of fused-ring (bicyclic) bond motifs is 1. The summed E-state index contributed by atoms with van der Waals surface area (Å²) < 4.78 is 11.2. The Bertz CT molecular complexity index is 716. The van der Waals surface area contributed by atoms with Crippen molar-refractivity contribution in [2.24, 2.45) is 5.41 Å². The molecule has 1 saturated heterocycles. The summed E-state index contributed by atoms with van der Waals surface area (Å²) in [6.45, 7) is 11.7. The first-order valence-corrected chi connectivity index (χ1v) is 9.67. The summed E-state index contributed by atoms with van der Waals surface area (Å²) in [4.78, 5) is 28.8. The summed E-state index contributed by atoms with van der Waals surface area (Å²) >= 11 is 0. The lowest BCUT2D eigenvalue weighted by Gasteiger charge is -2.36. The van der Waals surface area contributed by atoms with Crippen molar-refractivity contribution < 1.29 is 19.1 Å². The Morgan fingerprint density at radius 3 is 2.00 bits per heavy atom. The molecule has 1 fully saturated rings. The third-order valence-corrected chi connectivity index (χ3v) is 5.01. The van der Waals surface area contributed by atoms with Gasteiger partial charge in [0.1, 0.15) is 13.2 Å². The van der Waals surface area contributed by atoms with Crippen LogP contribution in [0.5, 0.6) is 11.5 Å². The third kappa shape index (κ3) is 4.93. The van der Waals surface area contributed by atoms with Gasteiger partial charge in [-0.15, -0.1) is 0 Å². The Morgan fingerprint density at radius 2 is 1.44 bits per heavy atom. The van der Waals surface area contributed by atoms with Crippen LogP contribution in [0.2, 0.25) is 0 Å². The van der Waals surface area contributed by atoms with Gasteiger partial charge in [0.25, 0.3) is 0 Å². The first-order chi connectivity index (χ1) is 12.7. The molecule has 0 atom stereocenters. The summed E-state index contributed by atoms with van der Waals surface area (Å²) in [5, 5.41) is 0. The predicted octanol–water partition coefficient (Wildman–Crippen LogP) is 2.42. The molecule has 0 unspecified atom stereocenters. The van der Waals surface area contributed by atoms with E-state index in [-0.39, 0.29) is 17.2 Å². The minimum Gasteiger partial charge on any atom is -0.486 e. The highest BCUT2D eigenvalue weighted by Crippen LogP contribution is 2.33. The second-order valence-electron chi connectivity index (χ2n) is 8.60. The summed E-state index contributed by atoms with van der Waals surface area (Å²) in [5.74, 6) is 1.74. The van der Waals surface area contributed by atoms with E-state index in [1.54, 1.807) is 0 Å². The molecule has 148 valence electrons. The summed E-state index contributed by atoms with van der Waals surface area (Å²) in [7, 11) is 0. The molecule has 2 aliphatic heterocycles. The highest BCUT2D eigenvalue weighted by atomic mass is 16.6. The zero-order valence-electron chi connectivity index (χ0n) is 16.8. The molecule has 3 rings (SSSR count). The van der Waals surface area contributed by atoms with Crippen molar-refractivity contribution in [1.82, 2.24) is 9.80 Å². The van der Waals surface area contributed by atoms with Gasteiger partial charge >= 0.3 is 0 Å². The molecule has 2 aliphatic rings. The number of ether oxygens (including phenoxy) is 2. The van der Waals surface area contributed by atoms with Crippen molar-refractivity contribution in [1.29, 1.82) is 0 Å². The number of nitrogens with zero attached hydrogens (tertiary/aromatic N) is 2. The highest BCUT2D eigenvalue weighted by molar-refractivity contribution is 5.80. The molecule has 0 aliphatic carbocycles. The molecule has 0 saturated carbocycles. The molecule has 0 bridgehead atoms. The topological polar surface area (TPSA) is 59.1 Å². The van der Waals surface area contributed by atoms with Crippen LogP contribution in [0.15, 0.2) is 12.1 Å². The van der Waals surface area contributed by atoms with Crippen LogP contribution in [0.25, 0.3) is 0 Å². The van der Waals surface area contributed by atoms with Crippen LogP contribution in [-0.4, -0.2) is 61.0 Å². The Hall–Kier alpha value is -2.24. The lowest BCUT2D eigenvalue weighted by atomic mass is 9.91. The fourth-order valence-corrected chi connectivity index (χ4v) is 3.47. The summed E-state index contributed by atoms with van der Waals surface area (Å²) in [5.41, 5.74) is 1.99. The molecule has 0 radical (unpaired) electrons. The van der Waals surface area contributed by atoms with Crippen LogP contribution in [0.4, 0.5) is 0 Å². The maximum Gasteiger partial charge on any atom is 0.227 e. The van der Waals surface area contributed by atoms with Gasteiger partial charge in [-0.25, -0.2) is 0 Å². The molecule has 0 aromatic heterocycles. The van der Waals surface area contributed by atoms with Gasteiger partial charge in [0, 0.05) is 32.6 Å². The molecule has 0 spiro atoms. The molecule has 1 aromatic rings. The lowest BCUT2D eigenvalue weighted by Crippen LogP contribution is -2.51. The van der Waals surface area contributed by atoms with Crippen LogP contribution >= 0.6 is 0 Å². The number of benzene rings is 1. The standard InChI is InChI=1S/C21H30N2O4/c1-15-11-17-18(27-10-9-26-17)12-16(15)13-19(24)22-5-7-23(8-6-22)20(25)14-21(2,3)4/h11-12H,5-10,13-14H2,1-4H3. The monoisotopic (exact) mass is 374 g/mol. The maximum absolute atomic E-state index is 12.7. The average Bonchev–Trinajstić information content (AvgIpc) is 2.61. The van der Waals surface area contributed by atoms with Gasteiger partial charge in [-0.3, -0.25) is 9.59 Å². The fourth-order valence-electron chi connectivity index (χ4n) is 3.47. The van der Waals surface area contributed by atoms with Gasteiger partial charge in [0.2, 0.25) is 11.8 Å². The molecule has 27 heavy (non-hydrogen) atoms. The Kier molecular flexibility index (Phi) is 5.63. The quantitative estimate of drug-likeness (QED) is 0.815. The van der Waals surface area contributed by atoms with Crippen molar-refractivity contribution in [2.45, 2.75) is 40.5 Å². The Morgan fingerprint density at radius 1 is 0.926 bits per heavy atom. The van der Waals surface area contributed by atoms with E-state index in [9.17, 15) is 9.59 Å². The van der Waals surface area contributed by atoms with E-state index in [2.05, 4.69) is 20.8 Å². The summed E-state index contributed by atoms with van der Waals surface area (Å²) in [6.07, 6.45) is 0.885. The minimum atomic E-state index is -0.0141. The molecule has 1 aromatic carbocycles. The minimum absolute atomic E-state index is 0.0141. The zero-order valence-corrected chi connectivity index (χ0v) is 16.8. The van der Waals surface area contributed by atoms with Crippen molar-refractivity contribution in [3.63, 3.8) is 0 Å². The van der Waals surface area contributed by atoms with Crippen molar-refractivity contribution in [3.8, 4) is 11.5 Å². The van der Waals surface area contributed by atoms with E-state index < -0.39 is 0 Å². The second-order valence-corrected chi connectivity index (χ2v) is 8.60. The van der Waals surface area contributed by atoms with E-state index in [1.165, 1.54) is 0 Å². The number of aryl methyl sites for hydroxylation is 1. The van der Waals surface area contributed by atoms with Gasteiger partial charge in [0.15, 0.2) is 11.5 Å². The molecular weight excluding hydrogens is 344 g/mol. The lowest BCUT2D eigenvalue weighted by molar-refractivity contribution is -0.140. The van der Waals surface area contributed by atoms with E-state index in [1.807, 2.05) is 28.9 Å². The second kappa shape index (κ2) is 7.79. The highest BCUT2D eigenvalue weighted by Gasteiger charge is 2.27. The fraction of sp³-hybridized carbons (Fsp3) is 0.619. The number of hydrogen-bond acceptors (Lipinski definition) is 4. The average molecular weight is 374 g/mol. The first-order valence-electron chi connectivity index (χ1n) is 9.67. The molecule has 6 nitrogen and oxygen atoms in total. The van der Waals surface area contributed by atoms with Gasteiger partial charge in [0.05, 0.1) is 6.42 Å². The maximum atomic E-state index is 12.7. The number of carbonyl (C=O) groups excluding carboxylic acids is 2. The van der Waals surface area contributed by atoms with Crippen LogP contribution in [-0.2, 0) is 16.0 Å². The van der Waals surface area contributed by atoms with Crippen molar-refractivity contribution in [3.05, 3.63) is 23.3 Å². The molecule has 2 heterocycles. The molecule has 6 heteroatoms. The van der Waals surface area contributed by atoms with Gasteiger partial charge in [-0.2, -0.15) is 0 Å². The smallest absolute Gasteiger partial charge is 0.227 e. The number of hydrogen-bond donors (Lipinski definition) is 0. The summed E-state index contributed by atoms with van der Waals surface area (Å²) in [6, 6.07) is 3.87. The number of amides is 2. The van der Waals surface area contributed by atoms with Crippen LogP contribution in [0, 0.1) is 12.3 Å². The van der Waals surface area contributed by atoms with Crippen LogP contribution in [0.3, 0.4) is 0 Å². The Labute approximate surface area is 161 Å². The van der Waals surface area contributed by atoms with Crippen molar-refractivity contribution >= 4 is 11.8 Å². The number of piperazine rings is 1. The SMILES string of the molecule is Cc1cc2c(cc1CC(=O)N1CCN(C(=O)CC(C)(C)C)CC1)OCCO2. The van der Waals surface area contributed by atoms with E-state index in [0.717, 1.165) is 16.9 Å². The van der Waals surface area contributed by atoms with Gasteiger partial charge in [-0.1, -0.05) is 20.8 Å². The largest absolute Gasteiger partial charge is 0.486 e. The zero-order chi connectivity index (χ0) is 19.6. The molecule has 0 N–H and O–H groups in total. The molecular formula is C21H30N2O4. The first kappa shape index (κ1) is 19.5.